The molecule has 3 aromatic rings. The zero-order chi connectivity index (χ0) is 22.3. The number of benzene rings is 3. The van der Waals surface area contributed by atoms with Crippen LogP contribution in [0.3, 0.4) is 0 Å². The highest BCUT2D eigenvalue weighted by molar-refractivity contribution is 5.94. The Bertz CT molecular complexity index is 1040. The molecule has 1 heterocycles. The van der Waals surface area contributed by atoms with Crippen LogP contribution in [-0.2, 0) is 19.6 Å². The average Bonchev–Trinajstić information content (AvgIpc) is 2.85. The molecule has 0 unspecified atom stereocenters. The largest absolute Gasteiger partial charge is 0.489 e. The van der Waals surface area contributed by atoms with Gasteiger partial charge in [0.05, 0.1) is 0 Å². The van der Waals surface area contributed by atoms with Crippen molar-refractivity contribution in [2.45, 2.75) is 26.5 Å². The maximum Gasteiger partial charge on any atom is 0.253 e. The van der Waals surface area contributed by atoms with E-state index in [1.165, 1.54) is 11.6 Å². The molecule has 5 heteroatoms. The quantitative estimate of drug-likeness (QED) is 0.531. The molecule has 1 saturated heterocycles. The molecule has 0 aliphatic carbocycles. The lowest BCUT2D eigenvalue weighted by Gasteiger charge is -2.35. The number of ether oxygens (including phenoxy) is 1. The van der Waals surface area contributed by atoms with Crippen LogP contribution in [0.2, 0.25) is 0 Å². The molecule has 1 aliphatic heterocycles. The van der Waals surface area contributed by atoms with Crippen LogP contribution in [0.4, 0.5) is 4.39 Å². The highest BCUT2D eigenvalue weighted by atomic mass is 19.1. The van der Waals surface area contributed by atoms with Crippen LogP contribution in [-0.4, -0.2) is 41.9 Å². The Balaban J connectivity index is 1.31. The third-order valence-electron chi connectivity index (χ3n) is 5.92. The standard InChI is InChI=1S/C27H29FN2O2/c1-2-21-10-12-25(13-11-21)32-20-22-6-5-8-23(18-22)27(31)30-16-14-29(15-17-30)19-24-7-3-4-9-26(24)28/h3-13,18H,2,14-17,19-20H2,1H3. The molecular weight excluding hydrogens is 403 g/mol. The number of amides is 1. The molecule has 0 saturated carbocycles. The molecule has 32 heavy (non-hydrogen) atoms. The van der Waals surface area contributed by atoms with Gasteiger partial charge in [0.2, 0.25) is 0 Å². The molecule has 1 amide bonds. The summed E-state index contributed by atoms with van der Waals surface area (Å²) in [6, 6.07) is 22.6. The monoisotopic (exact) mass is 432 g/mol. The molecule has 0 N–H and O–H groups in total. The van der Waals surface area contributed by atoms with E-state index in [0.29, 0.717) is 37.4 Å². The first-order valence-electron chi connectivity index (χ1n) is 11.2. The SMILES string of the molecule is CCc1ccc(OCc2cccc(C(=O)N3CCN(Cc4ccccc4F)CC3)c2)cc1. The summed E-state index contributed by atoms with van der Waals surface area (Å²) >= 11 is 0. The number of hydrogen-bond acceptors (Lipinski definition) is 3. The summed E-state index contributed by atoms with van der Waals surface area (Å²) in [5.41, 5.74) is 3.62. The van der Waals surface area contributed by atoms with E-state index >= 15 is 0 Å². The number of carbonyl (C=O) groups excluding carboxylic acids is 1. The van der Waals surface area contributed by atoms with Crippen molar-refractivity contribution in [1.29, 1.82) is 0 Å². The van der Waals surface area contributed by atoms with Gasteiger partial charge in [-0.2, -0.15) is 0 Å². The van der Waals surface area contributed by atoms with Gasteiger partial charge in [-0.1, -0.05) is 49.4 Å². The predicted molar refractivity (Wildman–Crippen MR) is 124 cm³/mol. The molecule has 1 fully saturated rings. The molecule has 0 spiro atoms. The minimum atomic E-state index is -0.175. The van der Waals surface area contributed by atoms with E-state index in [4.69, 9.17) is 4.74 Å². The lowest BCUT2D eigenvalue weighted by Crippen LogP contribution is -2.48. The van der Waals surface area contributed by atoms with Crippen molar-refractivity contribution in [2.75, 3.05) is 26.2 Å². The van der Waals surface area contributed by atoms with Gasteiger partial charge < -0.3 is 9.64 Å². The molecule has 4 nitrogen and oxygen atoms in total. The molecule has 1 aliphatic rings. The number of hydrogen-bond donors (Lipinski definition) is 0. The number of aryl methyl sites for hydroxylation is 1. The highest BCUT2D eigenvalue weighted by Gasteiger charge is 2.22. The van der Waals surface area contributed by atoms with Crippen molar-refractivity contribution in [1.82, 2.24) is 9.80 Å². The Hall–Kier alpha value is -3.18. The second-order valence-electron chi connectivity index (χ2n) is 8.15. The first-order chi connectivity index (χ1) is 15.6. The third-order valence-corrected chi connectivity index (χ3v) is 5.92. The van der Waals surface area contributed by atoms with Crippen LogP contribution >= 0.6 is 0 Å². The lowest BCUT2D eigenvalue weighted by atomic mass is 10.1. The molecule has 4 rings (SSSR count). The van der Waals surface area contributed by atoms with Gasteiger partial charge in [0.15, 0.2) is 0 Å². The van der Waals surface area contributed by atoms with Gasteiger partial charge in [0, 0.05) is 43.9 Å². The summed E-state index contributed by atoms with van der Waals surface area (Å²) in [5, 5.41) is 0. The van der Waals surface area contributed by atoms with Crippen molar-refractivity contribution < 1.29 is 13.9 Å². The van der Waals surface area contributed by atoms with Gasteiger partial charge >= 0.3 is 0 Å². The smallest absolute Gasteiger partial charge is 0.253 e. The number of rotatable bonds is 7. The second-order valence-corrected chi connectivity index (χ2v) is 8.15. The van der Waals surface area contributed by atoms with Gasteiger partial charge in [-0.05, 0) is 47.9 Å². The summed E-state index contributed by atoms with van der Waals surface area (Å²) in [5.74, 6) is 0.681. The second kappa shape index (κ2) is 10.4. The fourth-order valence-electron chi connectivity index (χ4n) is 3.94. The van der Waals surface area contributed by atoms with E-state index in [1.807, 2.05) is 53.4 Å². The van der Waals surface area contributed by atoms with Crippen LogP contribution in [0.1, 0.15) is 34.0 Å². The molecule has 166 valence electrons. The molecule has 3 aromatic carbocycles. The first kappa shape index (κ1) is 22.0. The van der Waals surface area contributed by atoms with Crippen LogP contribution in [0, 0.1) is 5.82 Å². The highest BCUT2D eigenvalue weighted by Crippen LogP contribution is 2.17. The first-order valence-corrected chi connectivity index (χ1v) is 11.2. The van der Waals surface area contributed by atoms with Crippen molar-refractivity contribution in [2.24, 2.45) is 0 Å². The van der Waals surface area contributed by atoms with Crippen molar-refractivity contribution >= 4 is 5.91 Å². The fraction of sp³-hybridized carbons (Fsp3) is 0.296. The van der Waals surface area contributed by atoms with Crippen molar-refractivity contribution in [3.63, 3.8) is 0 Å². The van der Waals surface area contributed by atoms with Gasteiger partial charge in [0.25, 0.3) is 5.91 Å². The Morgan fingerprint density at radius 2 is 1.66 bits per heavy atom. The Morgan fingerprint density at radius 1 is 0.906 bits per heavy atom. The maximum atomic E-state index is 13.9. The molecule has 0 atom stereocenters. The number of carbonyl (C=O) groups is 1. The minimum Gasteiger partial charge on any atom is -0.489 e. The number of nitrogens with zero attached hydrogens (tertiary/aromatic N) is 2. The molecule has 0 aromatic heterocycles. The Labute approximate surface area is 189 Å². The lowest BCUT2D eigenvalue weighted by molar-refractivity contribution is 0.0627. The van der Waals surface area contributed by atoms with Crippen molar-refractivity contribution in [3.8, 4) is 5.75 Å². The van der Waals surface area contributed by atoms with Gasteiger partial charge in [-0.3, -0.25) is 9.69 Å². The van der Waals surface area contributed by atoms with Crippen LogP contribution in [0.15, 0.2) is 72.8 Å². The zero-order valence-electron chi connectivity index (χ0n) is 18.5. The van der Waals surface area contributed by atoms with E-state index in [-0.39, 0.29) is 11.7 Å². The fourth-order valence-corrected chi connectivity index (χ4v) is 3.94. The molecular formula is C27H29FN2O2. The Morgan fingerprint density at radius 3 is 2.38 bits per heavy atom. The minimum absolute atomic E-state index is 0.0321. The van der Waals surface area contributed by atoms with E-state index in [2.05, 4.69) is 24.0 Å². The summed E-state index contributed by atoms with van der Waals surface area (Å²) in [7, 11) is 0. The van der Waals surface area contributed by atoms with Gasteiger partial charge in [-0.25, -0.2) is 4.39 Å². The predicted octanol–water partition coefficient (Wildman–Crippen LogP) is 4.93. The Kier molecular flexibility index (Phi) is 7.17. The average molecular weight is 433 g/mol. The normalized spacial score (nSPS) is 14.4. The van der Waals surface area contributed by atoms with Crippen LogP contribution in [0.25, 0.3) is 0 Å². The van der Waals surface area contributed by atoms with E-state index in [0.717, 1.165) is 30.8 Å². The summed E-state index contributed by atoms with van der Waals surface area (Å²) in [4.78, 5) is 17.1. The number of piperazine rings is 1. The maximum absolute atomic E-state index is 13.9. The summed E-state index contributed by atoms with van der Waals surface area (Å²) in [6.45, 7) is 5.86. The third kappa shape index (κ3) is 5.54. The summed E-state index contributed by atoms with van der Waals surface area (Å²) in [6.07, 6.45) is 1.00. The zero-order valence-corrected chi connectivity index (χ0v) is 18.5. The number of halogens is 1. The van der Waals surface area contributed by atoms with Crippen molar-refractivity contribution in [3.05, 3.63) is 101 Å². The van der Waals surface area contributed by atoms with E-state index in [9.17, 15) is 9.18 Å². The molecule has 0 radical (unpaired) electrons. The van der Waals surface area contributed by atoms with E-state index < -0.39 is 0 Å². The van der Waals surface area contributed by atoms with Gasteiger partial charge in [-0.15, -0.1) is 0 Å². The molecule has 0 bridgehead atoms. The van der Waals surface area contributed by atoms with Gasteiger partial charge in [0.1, 0.15) is 18.2 Å². The van der Waals surface area contributed by atoms with Crippen LogP contribution < -0.4 is 4.74 Å². The van der Waals surface area contributed by atoms with Crippen LogP contribution in [0.5, 0.6) is 5.75 Å². The summed E-state index contributed by atoms with van der Waals surface area (Å²) < 4.78 is 19.8. The van der Waals surface area contributed by atoms with E-state index in [1.54, 1.807) is 6.07 Å². The topological polar surface area (TPSA) is 32.8 Å².